The van der Waals surface area contributed by atoms with Gasteiger partial charge in [0, 0.05) is 13.0 Å². The number of aliphatic hydroxyl groups is 1. The molecular formula is C50H97N2O6P. The lowest BCUT2D eigenvalue weighted by Gasteiger charge is -2.23. The van der Waals surface area contributed by atoms with Crippen LogP contribution in [0.1, 0.15) is 245 Å². The first-order chi connectivity index (χ1) is 28.9. The number of hydrogen-bond donors (Lipinski definition) is 4. The first-order valence-corrected chi connectivity index (χ1v) is 26.6. The standard InChI is InChI=1S/C50H97N2O6P/c1-3-5-7-9-11-13-15-17-19-21-23-24-26-28-30-32-34-36-38-40-42-44-50(54)52-48(47-58-59(55,56)57-46-45-51)49(53)43-41-39-37-35-33-31-29-27-25-22-20-18-16-14-12-10-8-6-4-2/h25,27,33,35,41,43,48-49,53H,3-24,26,28-32,34,36-40,42,44-47,51H2,1-2H3,(H,52,54)(H,55,56)/b27-25+,35-33+,43-41+. The smallest absolute Gasteiger partial charge is 0.387 e. The molecule has 0 spiro atoms. The molecule has 0 heterocycles. The van der Waals surface area contributed by atoms with Crippen LogP contribution in [0.4, 0.5) is 0 Å². The van der Waals surface area contributed by atoms with Gasteiger partial charge in [-0.3, -0.25) is 13.8 Å². The summed E-state index contributed by atoms with van der Waals surface area (Å²) in [5, 5.41) is 13.7. The van der Waals surface area contributed by atoms with E-state index in [0.29, 0.717) is 6.42 Å². The van der Waals surface area contributed by atoms with E-state index in [1.807, 2.05) is 6.08 Å². The lowest BCUT2D eigenvalue weighted by Crippen LogP contribution is -2.45. The zero-order valence-corrected chi connectivity index (χ0v) is 39.6. The Morgan fingerprint density at radius 2 is 0.898 bits per heavy atom. The highest BCUT2D eigenvalue weighted by molar-refractivity contribution is 7.47. The third kappa shape index (κ3) is 44.6. The molecule has 0 aliphatic carbocycles. The molecule has 9 heteroatoms. The van der Waals surface area contributed by atoms with E-state index in [0.717, 1.165) is 44.9 Å². The number of phosphoric acid groups is 1. The van der Waals surface area contributed by atoms with Crippen molar-refractivity contribution in [2.24, 2.45) is 5.73 Å². The molecule has 0 rings (SSSR count). The van der Waals surface area contributed by atoms with Crippen molar-refractivity contribution in [2.45, 2.75) is 257 Å². The second kappa shape index (κ2) is 46.2. The molecule has 0 aromatic heterocycles. The predicted octanol–water partition coefficient (Wildman–Crippen LogP) is 14.7. The van der Waals surface area contributed by atoms with Crippen molar-refractivity contribution in [1.29, 1.82) is 0 Å². The maximum absolute atomic E-state index is 12.8. The van der Waals surface area contributed by atoms with Gasteiger partial charge in [-0.1, -0.05) is 230 Å². The van der Waals surface area contributed by atoms with Gasteiger partial charge in [0.25, 0.3) is 0 Å². The van der Waals surface area contributed by atoms with E-state index in [9.17, 15) is 19.4 Å². The summed E-state index contributed by atoms with van der Waals surface area (Å²) in [7, 11) is -4.35. The van der Waals surface area contributed by atoms with Gasteiger partial charge in [-0.05, 0) is 44.9 Å². The molecule has 5 N–H and O–H groups in total. The number of carbonyl (C=O) groups excluding carboxylic acids is 1. The normalized spacial score (nSPS) is 14.2. The SMILES string of the molecule is CCCCCCCCCCC/C=C/CC/C=C/CC/C=C/C(O)C(COP(=O)(O)OCCN)NC(=O)CCCCCCCCCCCCCCCCCCCCCCC. The Balaban J connectivity index is 4.15. The number of nitrogens with two attached hydrogens (primary N) is 1. The molecule has 0 saturated carbocycles. The number of amides is 1. The van der Waals surface area contributed by atoms with Crippen LogP contribution < -0.4 is 11.1 Å². The molecule has 0 aromatic rings. The second-order valence-corrected chi connectivity index (χ2v) is 18.5. The molecule has 8 nitrogen and oxygen atoms in total. The molecule has 3 atom stereocenters. The summed E-state index contributed by atoms with van der Waals surface area (Å²) in [4.78, 5) is 22.8. The maximum atomic E-state index is 12.8. The molecule has 0 radical (unpaired) electrons. The molecule has 0 aromatic carbocycles. The van der Waals surface area contributed by atoms with Crippen molar-refractivity contribution in [2.75, 3.05) is 19.8 Å². The van der Waals surface area contributed by atoms with Crippen LogP contribution in [-0.2, 0) is 18.4 Å². The second-order valence-electron chi connectivity index (χ2n) is 17.0. The highest BCUT2D eigenvalue weighted by Crippen LogP contribution is 2.43. The number of unbranched alkanes of at least 4 members (excludes halogenated alkanes) is 31. The maximum Gasteiger partial charge on any atom is 0.472 e. The van der Waals surface area contributed by atoms with Gasteiger partial charge in [0.05, 0.1) is 25.4 Å². The van der Waals surface area contributed by atoms with Crippen LogP contribution >= 0.6 is 7.82 Å². The van der Waals surface area contributed by atoms with Gasteiger partial charge in [-0.25, -0.2) is 4.57 Å². The summed E-state index contributed by atoms with van der Waals surface area (Å²) < 4.78 is 22.2. The summed E-state index contributed by atoms with van der Waals surface area (Å²) >= 11 is 0. The third-order valence-electron chi connectivity index (χ3n) is 11.2. The fraction of sp³-hybridized carbons (Fsp3) is 0.860. The van der Waals surface area contributed by atoms with E-state index in [1.54, 1.807) is 6.08 Å². The molecule has 348 valence electrons. The van der Waals surface area contributed by atoms with Crippen LogP contribution in [0.15, 0.2) is 36.5 Å². The quantitative estimate of drug-likeness (QED) is 0.0272. The van der Waals surface area contributed by atoms with E-state index in [1.165, 1.54) is 180 Å². The molecule has 0 fully saturated rings. The van der Waals surface area contributed by atoms with Crippen LogP contribution in [-0.4, -0.2) is 47.8 Å². The molecule has 0 aliphatic heterocycles. The summed E-state index contributed by atoms with van der Waals surface area (Å²) in [6.07, 6.45) is 56.4. The van der Waals surface area contributed by atoms with E-state index in [-0.39, 0.29) is 25.7 Å². The van der Waals surface area contributed by atoms with Gasteiger partial charge in [0.15, 0.2) is 0 Å². The summed E-state index contributed by atoms with van der Waals surface area (Å²) in [6, 6.07) is -0.881. The molecule has 0 bridgehead atoms. The summed E-state index contributed by atoms with van der Waals surface area (Å²) in [6.45, 7) is 4.13. The van der Waals surface area contributed by atoms with Crippen LogP contribution in [0.2, 0.25) is 0 Å². The Morgan fingerprint density at radius 3 is 1.31 bits per heavy atom. The molecule has 0 aliphatic rings. The summed E-state index contributed by atoms with van der Waals surface area (Å²) in [5.74, 6) is -0.204. The number of hydrogen-bond acceptors (Lipinski definition) is 6. The number of allylic oxidation sites excluding steroid dienone is 5. The first-order valence-electron chi connectivity index (χ1n) is 25.1. The largest absolute Gasteiger partial charge is 0.472 e. The van der Waals surface area contributed by atoms with E-state index in [4.69, 9.17) is 14.8 Å². The highest BCUT2D eigenvalue weighted by atomic mass is 31.2. The van der Waals surface area contributed by atoms with Gasteiger partial charge in [-0.2, -0.15) is 0 Å². The number of phosphoric ester groups is 1. The van der Waals surface area contributed by atoms with Crippen LogP contribution in [0.5, 0.6) is 0 Å². The summed E-state index contributed by atoms with van der Waals surface area (Å²) in [5.41, 5.74) is 5.39. The minimum Gasteiger partial charge on any atom is -0.387 e. The highest BCUT2D eigenvalue weighted by Gasteiger charge is 2.26. The Morgan fingerprint density at radius 1 is 0.542 bits per heavy atom. The Kier molecular flexibility index (Phi) is 45.2. The lowest BCUT2D eigenvalue weighted by atomic mass is 10.0. The predicted molar refractivity (Wildman–Crippen MR) is 254 cm³/mol. The number of rotatable bonds is 47. The zero-order valence-electron chi connectivity index (χ0n) is 38.7. The van der Waals surface area contributed by atoms with Crippen molar-refractivity contribution < 1.29 is 28.4 Å². The van der Waals surface area contributed by atoms with Crippen molar-refractivity contribution in [1.82, 2.24) is 5.32 Å². The molecule has 0 saturated heterocycles. The van der Waals surface area contributed by atoms with E-state index >= 15 is 0 Å². The van der Waals surface area contributed by atoms with Crippen LogP contribution in [0, 0.1) is 0 Å². The molecule has 59 heavy (non-hydrogen) atoms. The van der Waals surface area contributed by atoms with Gasteiger partial charge >= 0.3 is 7.82 Å². The van der Waals surface area contributed by atoms with Crippen molar-refractivity contribution in [3.05, 3.63) is 36.5 Å². The minimum absolute atomic E-state index is 0.0729. The van der Waals surface area contributed by atoms with Gasteiger partial charge in [0.1, 0.15) is 0 Å². The molecule has 3 unspecified atom stereocenters. The number of nitrogens with one attached hydrogen (secondary N) is 1. The van der Waals surface area contributed by atoms with Gasteiger partial charge < -0.3 is 21.1 Å². The first kappa shape index (κ1) is 57.7. The van der Waals surface area contributed by atoms with E-state index < -0.39 is 20.0 Å². The fourth-order valence-electron chi connectivity index (χ4n) is 7.40. The third-order valence-corrected chi connectivity index (χ3v) is 12.2. The fourth-order valence-corrected chi connectivity index (χ4v) is 8.16. The van der Waals surface area contributed by atoms with Crippen LogP contribution in [0.25, 0.3) is 0 Å². The number of carbonyl (C=O) groups is 1. The van der Waals surface area contributed by atoms with Gasteiger partial charge in [0.2, 0.25) is 5.91 Å². The molecular weight excluding hydrogens is 756 g/mol. The Bertz CT molecular complexity index is 1020. The average Bonchev–Trinajstić information content (AvgIpc) is 3.22. The van der Waals surface area contributed by atoms with Gasteiger partial charge in [-0.15, -0.1) is 0 Å². The topological polar surface area (TPSA) is 131 Å². The zero-order chi connectivity index (χ0) is 43.2. The lowest BCUT2D eigenvalue weighted by molar-refractivity contribution is -0.123. The van der Waals surface area contributed by atoms with Crippen molar-refractivity contribution in [3.8, 4) is 0 Å². The van der Waals surface area contributed by atoms with E-state index in [2.05, 4.69) is 43.5 Å². The monoisotopic (exact) mass is 853 g/mol. The average molecular weight is 853 g/mol. The Labute approximate surface area is 365 Å². The van der Waals surface area contributed by atoms with Crippen LogP contribution in [0.3, 0.4) is 0 Å². The van der Waals surface area contributed by atoms with Crippen molar-refractivity contribution in [3.63, 3.8) is 0 Å². The Hall–Kier alpha value is -1.28. The molecule has 1 amide bonds. The number of aliphatic hydroxyl groups excluding tert-OH is 1. The minimum atomic E-state index is -4.35. The van der Waals surface area contributed by atoms with Crippen molar-refractivity contribution >= 4 is 13.7 Å².